The van der Waals surface area contributed by atoms with E-state index in [0.717, 1.165) is 0 Å². The number of rotatable bonds is 4. The van der Waals surface area contributed by atoms with E-state index >= 15 is 0 Å². The van der Waals surface area contributed by atoms with Crippen molar-refractivity contribution in [3.8, 4) is 0 Å². The molecule has 0 spiro atoms. The van der Waals surface area contributed by atoms with E-state index in [1.165, 1.54) is 18.0 Å². The molecular formula is C11H17N3O4. The molecule has 2 N–H and O–H groups in total. The summed E-state index contributed by atoms with van der Waals surface area (Å²) in [6.07, 6.45) is 1.41. The van der Waals surface area contributed by atoms with Gasteiger partial charge in [0.25, 0.3) is 0 Å². The number of nitrogen functional groups attached to an aromatic ring is 1. The first-order chi connectivity index (χ1) is 8.34. The minimum Gasteiger partial charge on any atom is -0.464 e. The van der Waals surface area contributed by atoms with E-state index in [2.05, 4.69) is 9.84 Å². The quantitative estimate of drug-likeness (QED) is 0.789. The smallest absolute Gasteiger partial charge is 0.360 e. The van der Waals surface area contributed by atoms with Crippen LogP contribution in [0, 0.1) is 0 Å². The number of aromatic nitrogens is 2. The standard InChI is InChI=1S/C11H17N3O4/c1-5-18-10(16)11(2,3)14-6-7(12)8(13-14)9(15)17-4/h6H,5,12H2,1-4H3. The summed E-state index contributed by atoms with van der Waals surface area (Å²) in [4.78, 5) is 23.2. The molecule has 7 nitrogen and oxygen atoms in total. The molecule has 1 rings (SSSR count). The van der Waals surface area contributed by atoms with Gasteiger partial charge in [0.2, 0.25) is 0 Å². The van der Waals surface area contributed by atoms with E-state index in [4.69, 9.17) is 10.5 Å². The van der Waals surface area contributed by atoms with Gasteiger partial charge in [0.05, 0.1) is 25.6 Å². The van der Waals surface area contributed by atoms with Crippen molar-refractivity contribution in [2.45, 2.75) is 26.3 Å². The number of hydrogen-bond donors (Lipinski definition) is 1. The van der Waals surface area contributed by atoms with Gasteiger partial charge in [-0.05, 0) is 20.8 Å². The first-order valence-electron chi connectivity index (χ1n) is 5.45. The van der Waals surface area contributed by atoms with E-state index in [-0.39, 0.29) is 18.0 Å². The van der Waals surface area contributed by atoms with E-state index in [0.29, 0.717) is 0 Å². The molecule has 100 valence electrons. The fourth-order valence-corrected chi connectivity index (χ4v) is 1.33. The van der Waals surface area contributed by atoms with Crippen LogP contribution in [-0.2, 0) is 19.8 Å². The number of methoxy groups -OCH3 is 1. The largest absolute Gasteiger partial charge is 0.464 e. The highest BCUT2D eigenvalue weighted by atomic mass is 16.5. The summed E-state index contributed by atoms with van der Waals surface area (Å²) in [5, 5.41) is 3.97. The average Bonchev–Trinajstić information content (AvgIpc) is 2.71. The van der Waals surface area contributed by atoms with Crippen LogP contribution in [0.5, 0.6) is 0 Å². The average molecular weight is 255 g/mol. The molecule has 0 aliphatic heterocycles. The molecular weight excluding hydrogens is 238 g/mol. The van der Waals surface area contributed by atoms with Gasteiger partial charge in [-0.1, -0.05) is 0 Å². The summed E-state index contributed by atoms with van der Waals surface area (Å²) in [6.45, 7) is 5.23. The molecule has 18 heavy (non-hydrogen) atoms. The fourth-order valence-electron chi connectivity index (χ4n) is 1.33. The monoisotopic (exact) mass is 255 g/mol. The zero-order valence-corrected chi connectivity index (χ0v) is 10.9. The maximum atomic E-state index is 11.8. The number of esters is 2. The SMILES string of the molecule is CCOC(=O)C(C)(C)n1cc(N)c(C(=O)OC)n1. The van der Waals surface area contributed by atoms with Crippen LogP contribution in [-0.4, -0.2) is 35.4 Å². The normalized spacial score (nSPS) is 11.1. The molecule has 1 aromatic rings. The Hall–Kier alpha value is -2.05. The highest BCUT2D eigenvalue weighted by Crippen LogP contribution is 2.20. The van der Waals surface area contributed by atoms with Gasteiger partial charge in [-0.2, -0.15) is 5.10 Å². The molecule has 0 unspecified atom stereocenters. The Kier molecular flexibility index (Phi) is 3.95. The van der Waals surface area contributed by atoms with Gasteiger partial charge in [0, 0.05) is 0 Å². The third-order valence-electron chi connectivity index (χ3n) is 2.47. The Bertz CT molecular complexity index is 465. The lowest BCUT2D eigenvalue weighted by Gasteiger charge is -2.22. The van der Waals surface area contributed by atoms with Crippen molar-refractivity contribution >= 4 is 17.6 Å². The lowest BCUT2D eigenvalue weighted by Crippen LogP contribution is -2.38. The second kappa shape index (κ2) is 5.07. The molecule has 0 aliphatic carbocycles. The molecule has 0 aromatic carbocycles. The molecule has 7 heteroatoms. The van der Waals surface area contributed by atoms with Crippen LogP contribution in [0.15, 0.2) is 6.20 Å². The number of anilines is 1. The zero-order chi connectivity index (χ0) is 13.9. The molecule has 1 heterocycles. The number of hydrogen-bond acceptors (Lipinski definition) is 6. The zero-order valence-electron chi connectivity index (χ0n) is 10.9. The van der Waals surface area contributed by atoms with Gasteiger partial charge >= 0.3 is 11.9 Å². The Morgan fingerprint density at radius 1 is 1.50 bits per heavy atom. The summed E-state index contributed by atoms with van der Waals surface area (Å²) >= 11 is 0. The fraction of sp³-hybridized carbons (Fsp3) is 0.545. The molecule has 0 aliphatic rings. The van der Waals surface area contributed by atoms with Gasteiger partial charge in [-0.25, -0.2) is 9.59 Å². The predicted molar refractivity (Wildman–Crippen MR) is 63.9 cm³/mol. The molecule has 0 amide bonds. The predicted octanol–water partition coefficient (Wildman–Crippen LogP) is 0.550. The summed E-state index contributed by atoms with van der Waals surface area (Å²) in [6, 6.07) is 0. The molecule has 0 saturated heterocycles. The molecule has 0 saturated carbocycles. The third-order valence-corrected chi connectivity index (χ3v) is 2.47. The first kappa shape index (κ1) is 14.0. The highest BCUT2D eigenvalue weighted by Gasteiger charge is 2.33. The minimum atomic E-state index is -1.05. The summed E-state index contributed by atoms with van der Waals surface area (Å²) < 4.78 is 10.8. The minimum absolute atomic E-state index is 0.0186. The van der Waals surface area contributed by atoms with E-state index < -0.39 is 17.5 Å². The summed E-state index contributed by atoms with van der Waals surface area (Å²) in [5.74, 6) is -1.10. The maximum absolute atomic E-state index is 11.8. The van der Waals surface area contributed by atoms with Crippen molar-refractivity contribution in [3.05, 3.63) is 11.9 Å². The van der Waals surface area contributed by atoms with Crippen molar-refractivity contribution in [2.24, 2.45) is 0 Å². The van der Waals surface area contributed by atoms with Gasteiger partial charge < -0.3 is 15.2 Å². The van der Waals surface area contributed by atoms with Gasteiger partial charge in [0.1, 0.15) is 0 Å². The van der Waals surface area contributed by atoms with Crippen LogP contribution in [0.4, 0.5) is 5.69 Å². The second-order valence-corrected chi connectivity index (χ2v) is 4.15. The molecule has 0 radical (unpaired) electrons. The van der Waals surface area contributed by atoms with Gasteiger partial charge in [-0.3, -0.25) is 4.68 Å². The van der Waals surface area contributed by atoms with Crippen LogP contribution in [0.1, 0.15) is 31.3 Å². The van der Waals surface area contributed by atoms with Crippen molar-refractivity contribution in [3.63, 3.8) is 0 Å². The molecule has 0 bridgehead atoms. The number of carbonyl (C=O) groups excluding carboxylic acids is 2. The van der Waals surface area contributed by atoms with Crippen molar-refractivity contribution in [1.29, 1.82) is 0 Å². The number of nitrogens with two attached hydrogens (primary N) is 1. The Morgan fingerprint density at radius 3 is 2.61 bits per heavy atom. The van der Waals surface area contributed by atoms with Crippen LogP contribution in [0.2, 0.25) is 0 Å². The lowest BCUT2D eigenvalue weighted by atomic mass is 10.1. The summed E-state index contributed by atoms with van der Waals surface area (Å²) in [5.41, 5.74) is 4.74. The maximum Gasteiger partial charge on any atom is 0.360 e. The number of ether oxygens (including phenoxy) is 2. The van der Waals surface area contributed by atoms with Crippen LogP contribution < -0.4 is 5.73 Å². The highest BCUT2D eigenvalue weighted by molar-refractivity contribution is 5.92. The van der Waals surface area contributed by atoms with Crippen LogP contribution >= 0.6 is 0 Å². The van der Waals surface area contributed by atoms with Gasteiger partial charge in [-0.15, -0.1) is 0 Å². The Labute approximate surface area is 105 Å². The molecule has 0 fully saturated rings. The number of carbonyl (C=O) groups is 2. The Balaban J connectivity index is 3.10. The van der Waals surface area contributed by atoms with Crippen molar-refractivity contribution in [2.75, 3.05) is 19.5 Å². The second-order valence-electron chi connectivity index (χ2n) is 4.15. The van der Waals surface area contributed by atoms with E-state index in [1.54, 1.807) is 20.8 Å². The van der Waals surface area contributed by atoms with Crippen molar-refractivity contribution in [1.82, 2.24) is 9.78 Å². The lowest BCUT2D eigenvalue weighted by molar-refractivity contribution is -0.152. The summed E-state index contributed by atoms with van der Waals surface area (Å²) in [7, 11) is 1.23. The third kappa shape index (κ3) is 2.44. The van der Waals surface area contributed by atoms with Crippen LogP contribution in [0.25, 0.3) is 0 Å². The van der Waals surface area contributed by atoms with E-state index in [1.807, 2.05) is 0 Å². The van der Waals surface area contributed by atoms with Crippen LogP contribution in [0.3, 0.4) is 0 Å². The van der Waals surface area contributed by atoms with Crippen molar-refractivity contribution < 1.29 is 19.1 Å². The topological polar surface area (TPSA) is 96.4 Å². The first-order valence-corrected chi connectivity index (χ1v) is 5.45. The van der Waals surface area contributed by atoms with Gasteiger partial charge in [0.15, 0.2) is 11.2 Å². The van der Waals surface area contributed by atoms with E-state index in [9.17, 15) is 9.59 Å². The molecule has 0 atom stereocenters. The molecule has 1 aromatic heterocycles. The number of nitrogens with zero attached hydrogens (tertiary/aromatic N) is 2. The Morgan fingerprint density at radius 2 is 2.11 bits per heavy atom.